The normalized spacial score (nSPS) is 16.0. The van der Waals surface area contributed by atoms with E-state index < -0.39 is 10.0 Å². The number of rotatable bonds is 9. The molecule has 2 aliphatic rings. The maximum absolute atomic E-state index is 13.6. The predicted octanol–water partition coefficient (Wildman–Crippen LogP) is 5.77. The first-order valence-corrected chi connectivity index (χ1v) is 14.9. The van der Waals surface area contributed by atoms with Gasteiger partial charge in [0.1, 0.15) is 11.5 Å². The minimum Gasteiger partial charge on any atom is -0.497 e. The number of anilines is 3. The Bertz CT molecular complexity index is 1460. The van der Waals surface area contributed by atoms with E-state index >= 15 is 0 Å². The molecule has 1 heterocycles. The van der Waals surface area contributed by atoms with Gasteiger partial charge < -0.3 is 19.7 Å². The van der Waals surface area contributed by atoms with Gasteiger partial charge in [0.05, 0.1) is 36.9 Å². The predicted molar refractivity (Wildman–Crippen MR) is 156 cm³/mol. The highest BCUT2D eigenvalue weighted by Crippen LogP contribution is 2.54. The van der Waals surface area contributed by atoms with E-state index in [4.69, 9.17) is 9.47 Å². The molecule has 2 fully saturated rings. The second-order valence-electron chi connectivity index (χ2n) is 10.3. The number of piperidine rings is 1. The molecule has 1 aliphatic carbocycles. The van der Waals surface area contributed by atoms with Crippen molar-refractivity contribution >= 4 is 33.0 Å². The third-order valence-corrected chi connectivity index (χ3v) is 9.18. The van der Waals surface area contributed by atoms with Crippen molar-refractivity contribution in [2.45, 2.75) is 32.6 Å². The van der Waals surface area contributed by atoms with Crippen LogP contribution in [0.3, 0.4) is 0 Å². The lowest BCUT2D eigenvalue weighted by atomic mass is 9.93. The number of hydrogen-bond donors (Lipinski definition) is 2. The molecular formula is C30H35N3O5S. The zero-order chi connectivity index (χ0) is 27.6. The van der Waals surface area contributed by atoms with E-state index in [0.29, 0.717) is 28.1 Å². The first-order valence-electron chi connectivity index (χ1n) is 13.3. The van der Waals surface area contributed by atoms with Crippen LogP contribution in [0.15, 0.2) is 60.7 Å². The molecule has 206 valence electrons. The van der Waals surface area contributed by atoms with Gasteiger partial charge in [-0.1, -0.05) is 12.1 Å². The van der Waals surface area contributed by atoms with Crippen molar-refractivity contribution in [3.63, 3.8) is 0 Å². The van der Waals surface area contributed by atoms with Crippen LogP contribution >= 0.6 is 0 Å². The van der Waals surface area contributed by atoms with Crippen molar-refractivity contribution in [3.05, 3.63) is 66.2 Å². The monoisotopic (exact) mass is 549 g/mol. The third-order valence-electron chi connectivity index (χ3n) is 7.88. The SMILES string of the molecule is CCS(=O)(=O)Nc1ccc(C(=O)Nc2ccc(OC)c(-c3ccc(OC)cc3)c2)c(N2CCC3(CC2)CC3)c1. The summed E-state index contributed by atoms with van der Waals surface area (Å²) in [4.78, 5) is 15.8. The lowest BCUT2D eigenvalue weighted by Crippen LogP contribution is -2.35. The summed E-state index contributed by atoms with van der Waals surface area (Å²) in [6, 6.07) is 18.3. The summed E-state index contributed by atoms with van der Waals surface area (Å²) in [6.07, 6.45) is 4.72. The third kappa shape index (κ3) is 5.98. The number of carbonyl (C=O) groups is 1. The Kier molecular flexibility index (Phi) is 7.44. The van der Waals surface area contributed by atoms with Gasteiger partial charge in [0.25, 0.3) is 5.91 Å². The summed E-state index contributed by atoms with van der Waals surface area (Å²) >= 11 is 0. The molecule has 0 atom stereocenters. The maximum atomic E-state index is 13.6. The summed E-state index contributed by atoms with van der Waals surface area (Å²) in [5.74, 6) is 1.16. The molecule has 1 spiro atoms. The van der Waals surface area contributed by atoms with Gasteiger partial charge in [0.15, 0.2) is 0 Å². The van der Waals surface area contributed by atoms with Crippen LogP contribution in [0.1, 0.15) is 43.0 Å². The molecule has 0 radical (unpaired) electrons. The first kappa shape index (κ1) is 26.9. The van der Waals surface area contributed by atoms with Gasteiger partial charge >= 0.3 is 0 Å². The molecule has 5 rings (SSSR count). The van der Waals surface area contributed by atoms with Crippen molar-refractivity contribution in [1.82, 2.24) is 0 Å². The van der Waals surface area contributed by atoms with Gasteiger partial charge in [-0.05, 0) is 92.1 Å². The summed E-state index contributed by atoms with van der Waals surface area (Å²) in [7, 11) is -0.200. The van der Waals surface area contributed by atoms with Crippen LogP contribution in [0.4, 0.5) is 17.1 Å². The molecule has 3 aromatic carbocycles. The number of ether oxygens (including phenoxy) is 2. The molecule has 1 saturated heterocycles. The number of benzene rings is 3. The van der Waals surface area contributed by atoms with Crippen LogP contribution in [-0.4, -0.2) is 47.4 Å². The van der Waals surface area contributed by atoms with E-state index in [2.05, 4.69) is 14.9 Å². The van der Waals surface area contributed by atoms with Gasteiger partial charge in [0.2, 0.25) is 10.0 Å². The van der Waals surface area contributed by atoms with Gasteiger partial charge in [-0.3, -0.25) is 9.52 Å². The average Bonchev–Trinajstić information content (AvgIpc) is 3.71. The zero-order valence-electron chi connectivity index (χ0n) is 22.6. The first-order chi connectivity index (χ1) is 18.7. The van der Waals surface area contributed by atoms with Crippen LogP contribution in [0.25, 0.3) is 11.1 Å². The van der Waals surface area contributed by atoms with Gasteiger partial charge in [-0.2, -0.15) is 0 Å². The molecule has 3 aromatic rings. The van der Waals surface area contributed by atoms with Crippen molar-refractivity contribution in [2.24, 2.45) is 5.41 Å². The van der Waals surface area contributed by atoms with Crippen LogP contribution in [0.2, 0.25) is 0 Å². The van der Waals surface area contributed by atoms with E-state index in [-0.39, 0.29) is 11.7 Å². The molecule has 1 amide bonds. The summed E-state index contributed by atoms with van der Waals surface area (Å²) < 4.78 is 37.9. The van der Waals surface area contributed by atoms with Gasteiger partial charge in [-0.15, -0.1) is 0 Å². The molecular weight excluding hydrogens is 514 g/mol. The van der Waals surface area contributed by atoms with Crippen LogP contribution in [0, 0.1) is 5.41 Å². The molecule has 0 bridgehead atoms. The average molecular weight is 550 g/mol. The molecule has 1 aliphatic heterocycles. The Morgan fingerprint density at radius 1 is 0.897 bits per heavy atom. The van der Waals surface area contributed by atoms with Gasteiger partial charge in [-0.25, -0.2) is 8.42 Å². The van der Waals surface area contributed by atoms with Crippen molar-refractivity contribution in [3.8, 4) is 22.6 Å². The number of methoxy groups -OCH3 is 2. The highest BCUT2D eigenvalue weighted by atomic mass is 32.2. The second kappa shape index (κ2) is 10.8. The molecule has 1 saturated carbocycles. The largest absolute Gasteiger partial charge is 0.497 e. The smallest absolute Gasteiger partial charge is 0.257 e. The number of nitrogens with zero attached hydrogens (tertiary/aromatic N) is 1. The number of nitrogens with one attached hydrogen (secondary N) is 2. The van der Waals surface area contributed by atoms with Crippen molar-refractivity contribution < 1.29 is 22.7 Å². The van der Waals surface area contributed by atoms with Gasteiger partial charge in [0, 0.05) is 24.3 Å². The van der Waals surface area contributed by atoms with Crippen LogP contribution in [-0.2, 0) is 10.0 Å². The lowest BCUT2D eigenvalue weighted by molar-refractivity contribution is 0.102. The van der Waals surface area contributed by atoms with Crippen LogP contribution in [0.5, 0.6) is 11.5 Å². The molecule has 0 aromatic heterocycles. The summed E-state index contributed by atoms with van der Waals surface area (Å²) in [5, 5.41) is 3.04. The standard InChI is InChI=1S/C30H35N3O5S/c1-4-39(35,36)32-23-7-11-25(27(20-23)33-17-15-30(13-14-30)16-18-33)29(34)31-22-8-12-28(38-3)26(19-22)21-5-9-24(37-2)10-6-21/h5-12,19-20,32H,4,13-18H2,1-3H3,(H,31,34). The minimum absolute atomic E-state index is 0.0230. The van der Waals surface area contributed by atoms with Crippen LogP contribution < -0.4 is 24.4 Å². The maximum Gasteiger partial charge on any atom is 0.257 e. The number of sulfonamides is 1. The fraction of sp³-hybridized carbons (Fsp3) is 0.367. The molecule has 9 heteroatoms. The highest BCUT2D eigenvalue weighted by molar-refractivity contribution is 7.92. The molecule has 8 nitrogen and oxygen atoms in total. The Morgan fingerprint density at radius 3 is 2.21 bits per heavy atom. The number of hydrogen-bond acceptors (Lipinski definition) is 6. The lowest BCUT2D eigenvalue weighted by Gasteiger charge is -2.35. The Hall–Kier alpha value is -3.72. The molecule has 0 unspecified atom stereocenters. The zero-order valence-corrected chi connectivity index (χ0v) is 23.4. The Balaban J connectivity index is 1.44. The Morgan fingerprint density at radius 2 is 1.59 bits per heavy atom. The van der Waals surface area contributed by atoms with Crippen molar-refractivity contribution in [2.75, 3.05) is 48.0 Å². The highest BCUT2D eigenvalue weighted by Gasteiger charge is 2.44. The summed E-state index contributed by atoms with van der Waals surface area (Å²) in [6.45, 7) is 3.28. The van der Waals surface area contributed by atoms with E-state index in [1.807, 2.05) is 42.5 Å². The fourth-order valence-electron chi connectivity index (χ4n) is 5.18. The van der Waals surface area contributed by atoms with Crippen molar-refractivity contribution in [1.29, 1.82) is 0 Å². The van der Waals surface area contributed by atoms with E-state index in [1.165, 1.54) is 12.8 Å². The number of carbonyl (C=O) groups excluding carboxylic acids is 1. The van der Waals surface area contributed by atoms with E-state index in [1.54, 1.807) is 39.3 Å². The topological polar surface area (TPSA) is 97.0 Å². The Labute approximate surface area is 230 Å². The van der Waals surface area contributed by atoms with E-state index in [0.717, 1.165) is 48.5 Å². The molecule has 2 N–H and O–H groups in total. The second-order valence-corrected chi connectivity index (χ2v) is 12.3. The quantitative estimate of drug-likeness (QED) is 0.352. The molecule has 39 heavy (non-hydrogen) atoms. The fourth-order valence-corrected chi connectivity index (χ4v) is 5.81. The minimum atomic E-state index is -3.44. The number of amides is 1. The van der Waals surface area contributed by atoms with E-state index in [9.17, 15) is 13.2 Å². The summed E-state index contributed by atoms with van der Waals surface area (Å²) in [5.41, 5.74) is 4.57.